The molecule has 0 aliphatic rings. The average Bonchev–Trinajstić information content (AvgIpc) is 2.43. The Bertz CT molecular complexity index is 433. The van der Waals surface area contributed by atoms with Crippen molar-refractivity contribution in [2.24, 2.45) is 0 Å². The highest BCUT2D eigenvalue weighted by molar-refractivity contribution is 5.95. The summed E-state index contributed by atoms with van der Waals surface area (Å²) in [5.74, 6) is -0.0391. The van der Waals surface area contributed by atoms with Gasteiger partial charge in [-0.15, -0.1) is 0 Å². The van der Waals surface area contributed by atoms with Gasteiger partial charge in [0.2, 0.25) is 0 Å². The maximum Gasteiger partial charge on any atom is 0.253 e. The third-order valence-electron chi connectivity index (χ3n) is 3.05. The molecule has 1 aromatic rings. The zero-order valence-corrected chi connectivity index (χ0v) is 12.6. The van der Waals surface area contributed by atoms with Gasteiger partial charge in [-0.25, -0.2) is 0 Å². The maximum absolute atomic E-state index is 11.8. The quantitative estimate of drug-likeness (QED) is 0.565. The van der Waals surface area contributed by atoms with Crippen LogP contribution in [0.25, 0.3) is 0 Å². The van der Waals surface area contributed by atoms with Crippen molar-refractivity contribution in [2.75, 3.05) is 45.4 Å². The molecule has 0 spiro atoms. The Morgan fingerprint density at radius 1 is 1.30 bits per heavy atom. The number of benzene rings is 1. The van der Waals surface area contributed by atoms with Gasteiger partial charge < -0.3 is 20.7 Å². The van der Waals surface area contributed by atoms with Crippen LogP contribution in [0, 0.1) is 0 Å². The second kappa shape index (κ2) is 8.43. The van der Waals surface area contributed by atoms with Gasteiger partial charge in [-0.3, -0.25) is 4.79 Å². The predicted molar refractivity (Wildman–Crippen MR) is 83.1 cm³/mol. The Morgan fingerprint density at radius 3 is 2.65 bits per heavy atom. The van der Waals surface area contributed by atoms with E-state index >= 15 is 0 Å². The molecule has 0 heterocycles. The summed E-state index contributed by atoms with van der Waals surface area (Å²) in [5.41, 5.74) is 8.07. The van der Waals surface area contributed by atoms with Crippen LogP contribution in [-0.2, 0) is 4.74 Å². The number of nitrogens with zero attached hydrogens (tertiary/aromatic N) is 1. The molecular formula is C15H25N3O2. The monoisotopic (exact) mass is 279 g/mol. The van der Waals surface area contributed by atoms with Crippen LogP contribution >= 0.6 is 0 Å². The van der Waals surface area contributed by atoms with Crippen molar-refractivity contribution >= 4 is 17.3 Å². The molecule has 0 atom stereocenters. The van der Waals surface area contributed by atoms with E-state index in [0.717, 1.165) is 38.1 Å². The van der Waals surface area contributed by atoms with Gasteiger partial charge in [0, 0.05) is 39.9 Å². The van der Waals surface area contributed by atoms with Crippen molar-refractivity contribution in [3.63, 3.8) is 0 Å². The molecule has 0 aromatic heterocycles. The summed E-state index contributed by atoms with van der Waals surface area (Å²) in [6.07, 6.45) is 3.27. The van der Waals surface area contributed by atoms with Crippen LogP contribution in [0.1, 0.15) is 29.6 Å². The second-order valence-electron chi connectivity index (χ2n) is 4.98. The molecule has 0 saturated heterocycles. The number of ether oxygens (including phenoxy) is 1. The van der Waals surface area contributed by atoms with Crippen molar-refractivity contribution < 1.29 is 9.53 Å². The summed E-state index contributed by atoms with van der Waals surface area (Å²) >= 11 is 0. The van der Waals surface area contributed by atoms with Crippen LogP contribution in [0.2, 0.25) is 0 Å². The zero-order valence-electron chi connectivity index (χ0n) is 12.6. The highest BCUT2D eigenvalue weighted by Crippen LogP contribution is 2.20. The molecule has 1 aromatic carbocycles. The summed E-state index contributed by atoms with van der Waals surface area (Å²) in [6, 6.07) is 5.38. The molecule has 1 amide bonds. The van der Waals surface area contributed by atoms with Gasteiger partial charge in [-0.1, -0.05) is 0 Å². The van der Waals surface area contributed by atoms with Gasteiger partial charge >= 0.3 is 0 Å². The number of anilines is 2. The minimum absolute atomic E-state index is 0.0391. The van der Waals surface area contributed by atoms with Crippen molar-refractivity contribution in [1.82, 2.24) is 4.90 Å². The van der Waals surface area contributed by atoms with Gasteiger partial charge in [0.1, 0.15) is 0 Å². The molecule has 0 saturated carbocycles. The van der Waals surface area contributed by atoms with Crippen LogP contribution in [0.3, 0.4) is 0 Å². The summed E-state index contributed by atoms with van der Waals surface area (Å²) in [5, 5.41) is 3.29. The molecule has 1 rings (SSSR count). The number of nitrogens with two attached hydrogens (primary N) is 1. The van der Waals surface area contributed by atoms with E-state index in [1.807, 2.05) is 6.07 Å². The lowest BCUT2D eigenvalue weighted by Gasteiger charge is -2.13. The summed E-state index contributed by atoms with van der Waals surface area (Å²) in [6.45, 7) is 1.68. The van der Waals surface area contributed by atoms with E-state index in [0.29, 0.717) is 11.3 Å². The zero-order chi connectivity index (χ0) is 15.0. The SMILES string of the molecule is COCCCCCNc1ccc(C(=O)N(C)C)cc1N. The molecular weight excluding hydrogens is 254 g/mol. The highest BCUT2D eigenvalue weighted by Gasteiger charge is 2.09. The first-order valence-electron chi connectivity index (χ1n) is 6.90. The molecule has 3 N–H and O–H groups in total. The van der Waals surface area contributed by atoms with E-state index in [9.17, 15) is 4.79 Å². The number of carbonyl (C=O) groups excluding carboxylic acids is 1. The lowest BCUT2D eigenvalue weighted by molar-refractivity contribution is 0.0827. The number of amides is 1. The second-order valence-corrected chi connectivity index (χ2v) is 4.98. The summed E-state index contributed by atoms with van der Waals surface area (Å²) in [7, 11) is 5.17. The highest BCUT2D eigenvalue weighted by atomic mass is 16.5. The molecule has 0 fully saturated rings. The standard InChI is InChI=1S/C15H25N3O2/c1-18(2)15(19)12-7-8-14(13(16)11-12)17-9-5-4-6-10-20-3/h7-8,11,17H,4-6,9-10,16H2,1-3H3. The molecule has 0 bridgehead atoms. The fraction of sp³-hybridized carbons (Fsp3) is 0.533. The van der Waals surface area contributed by atoms with Crippen LogP contribution in [0.4, 0.5) is 11.4 Å². The van der Waals surface area contributed by atoms with Crippen LogP contribution in [0.5, 0.6) is 0 Å². The van der Waals surface area contributed by atoms with Gasteiger partial charge in [-0.2, -0.15) is 0 Å². The van der Waals surface area contributed by atoms with E-state index in [1.165, 1.54) is 4.90 Å². The first kappa shape index (κ1) is 16.3. The topological polar surface area (TPSA) is 67.6 Å². The van der Waals surface area contributed by atoms with E-state index < -0.39 is 0 Å². The third kappa shape index (κ3) is 5.09. The van der Waals surface area contributed by atoms with Crippen molar-refractivity contribution in [2.45, 2.75) is 19.3 Å². The Hall–Kier alpha value is -1.75. The van der Waals surface area contributed by atoms with E-state index in [1.54, 1.807) is 33.3 Å². The molecule has 5 nitrogen and oxygen atoms in total. The number of nitrogens with one attached hydrogen (secondary N) is 1. The van der Waals surface area contributed by atoms with Crippen LogP contribution < -0.4 is 11.1 Å². The lowest BCUT2D eigenvalue weighted by atomic mass is 10.1. The molecule has 5 heteroatoms. The Kier molecular flexibility index (Phi) is 6.87. The van der Waals surface area contributed by atoms with Gasteiger partial charge in [0.15, 0.2) is 0 Å². The molecule has 0 aliphatic carbocycles. The van der Waals surface area contributed by atoms with E-state index in [4.69, 9.17) is 10.5 Å². The number of nitrogen functional groups attached to an aromatic ring is 1. The van der Waals surface area contributed by atoms with E-state index in [-0.39, 0.29) is 5.91 Å². The Labute approximate surface area is 121 Å². The predicted octanol–water partition coefficient (Wildman–Crippen LogP) is 2.20. The smallest absolute Gasteiger partial charge is 0.253 e. The first-order valence-corrected chi connectivity index (χ1v) is 6.90. The van der Waals surface area contributed by atoms with Gasteiger partial charge in [0.25, 0.3) is 5.91 Å². The number of carbonyl (C=O) groups is 1. The third-order valence-corrected chi connectivity index (χ3v) is 3.05. The number of rotatable bonds is 8. The summed E-state index contributed by atoms with van der Waals surface area (Å²) in [4.78, 5) is 13.3. The Morgan fingerprint density at radius 2 is 2.05 bits per heavy atom. The van der Waals surface area contributed by atoms with E-state index in [2.05, 4.69) is 5.32 Å². The minimum atomic E-state index is -0.0391. The maximum atomic E-state index is 11.8. The molecule has 0 radical (unpaired) electrons. The van der Waals surface area contributed by atoms with Gasteiger partial charge in [0.05, 0.1) is 11.4 Å². The number of hydrogen-bond donors (Lipinski definition) is 2. The fourth-order valence-corrected chi connectivity index (χ4v) is 1.89. The van der Waals surface area contributed by atoms with Crippen molar-refractivity contribution in [3.8, 4) is 0 Å². The lowest BCUT2D eigenvalue weighted by Crippen LogP contribution is -2.21. The summed E-state index contributed by atoms with van der Waals surface area (Å²) < 4.78 is 5.00. The fourth-order valence-electron chi connectivity index (χ4n) is 1.89. The largest absolute Gasteiger partial charge is 0.397 e. The average molecular weight is 279 g/mol. The van der Waals surface area contributed by atoms with Crippen molar-refractivity contribution in [1.29, 1.82) is 0 Å². The van der Waals surface area contributed by atoms with Crippen LogP contribution in [-0.4, -0.2) is 45.2 Å². The van der Waals surface area contributed by atoms with Crippen molar-refractivity contribution in [3.05, 3.63) is 23.8 Å². The normalized spacial score (nSPS) is 10.3. The first-order chi connectivity index (χ1) is 9.56. The number of unbranched alkanes of at least 4 members (excludes halogenated alkanes) is 2. The molecule has 20 heavy (non-hydrogen) atoms. The minimum Gasteiger partial charge on any atom is -0.397 e. The molecule has 0 aliphatic heterocycles. The molecule has 0 unspecified atom stereocenters. The van der Waals surface area contributed by atoms with Crippen LogP contribution in [0.15, 0.2) is 18.2 Å². The number of hydrogen-bond acceptors (Lipinski definition) is 4. The molecule has 112 valence electrons. The number of methoxy groups -OCH3 is 1. The van der Waals surface area contributed by atoms with Gasteiger partial charge in [-0.05, 0) is 37.5 Å². The Balaban J connectivity index is 2.46.